The summed E-state index contributed by atoms with van der Waals surface area (Å²) in [5.74, 6) is 1.82. The minimum Gasteiger partial charge on any atom is -0.366 e. The Labute approximate surface area is 168 Å². The number of pyridine rings is 1. The van der Waals surface area contributed by atoms with Gasteiger partial charge in [-0.3, -0.25) is 0 Å². The Morgan fingerprint density at radius 2 is 1.89 bits per heavy atom. The summed E-state index contributed by atoms with van der Waals surface area (Å²) < 4.78 is 0. The van der Waals surface area contributed by atoms with Gasteiger partial charge in [-0.2, -0.15) is 0 Å². The Kier molecular flexibility index (Phi) is 5.14. The molecular weight excluding hydrogens is 381 g/mol. The van der Waals surface area contributed by atoms with E-state index in [-0.39, 0.29) is 0 Å². The number of hydrogen-bond donors (Lipinski definition) is 1. The van der Waals surface area contributed by atoms with Crippen molar-refractivity contribution < 1.29 is 0 Å². The van der Waals surface area contributed by atoms with Gasteiger partial charge in [-0.15, -0.1) is 0 Å². The van der Waals surface area contributed by atoms with Crippen molar-refractivity contribution in [1.82, 2.24) is 15.0 Å². The molecule has 0 amide bonds. The van der Waals surface area contributed by atoms with E-state index in [0.29, 0.717) is 16.6 Å². The maximum absolute atomic E-state index is 6.09. The number of halogens is 2. The topological polar surface area (TPSA) is 53.9 Å². The molecule has 0 radical (unpaired) electrons. The van der Waals surface area contributed by atoms with E-state index in [2.05, 4.69) is 37.3 Å². The number of anilines is 2. The van der Waals surface area contributed by atoms with Gasteiger partial charge in [-0.25, -0.2) is 15.0 Å². The average molecular weight is 400 g/mol. The van der Waals surface area contributed by atoms with Crippen LogP contribution in [0.2, 0.25) is 10.0 Å². The van der Waals surface area contributed by atoms with E-state index >= 15 is 0 Å². The molecule has 0 bridgehead atoms. The Hall–Kier alpha value is -2.37. The van der Waals surface area contributed by atoms with Crippen LogP contribution in [0.25, 0.3) is 0 Å². The first kappa shape index (κ1) is 18.0. The van der Waals surface area contributed by atoms with Crippen molar-refractivity contribution in [3.05, 3.63) is 75.3 Å². The highest BCUT2D eigenvalue weighted by Gasteiger charge is 2.22. The van der Waals surface area contributed by atoms with Gasteiger partial charge in [0.15, 0.2) is 0 Å². The summed E-state index contributed by atoms with van der Waals surface area (Å²) in [7, 11) is 0. The Bertz CT molecular complexity index is 939. The van der Waals surface area contributed by atoms with Gasteiger partial charge in [0.2, 0.25) is 0 Å². The highest BCUT2D eigenvalue weighted by atomic mass is 35.5. The maximum atomic E-state index is 6.09. The van der Waals surface area contributed by atoms with Crippen LogP contribution in [0.3, 0.4) is 0 Å². The molecule has 1 aromatic carbocycles. The summed E-state index contributed by atoms with van der Waals surface area (Å²) >= 11 is 12.2. The molecule has 3 heterocycles. The van der Waals surface area contributed by atoms with Gasteiger partial charge in [-0.1, -0.05) is 29.3 Å². The number of rotatable bonds is 4. The summed E-state index contributed by atoms with van der Waals surface area (Å²) in [6, 6.07) is 9.67. The molecule has 7 heteroatoms. The molecule has 0 unspecified atom stereocenters. The summed E-state index contributed by atoms with van der Waals surface area (Å²) in [5, 5.41) is 4.66. The lowest BCUT2D eigenvalue weighted by atomic mass is 10.1. The quantitative estimate of drug-likeness (QED) is 0.690. The SMILES string of the molecule is Cc1ccc(N2CCc3ncnc(NCc4cc(Cl)cc(Cl)c4)c3C2)nc1. The molecule has 0 saturated carbocycles. The molecule has 2 aromatic heterocycles. The van der Waals surface area contributed by atoms with Crippen molar-refractivity contribution in [2.75, 3.05) is 16.8 Å². The number of aromatic nitrogens is 3. The third kappa shape index (κ3) is 4.15. The number of benzene rings is 1. The van der Waals surface area contributed by atoms with E-state index in [4.69, 9.17) is 23.2 Å². The van der Waals surface area contributed by atoms with Gasteiger partial charge in [0, 0.05) is 47.9 Å². The second-order valence-electron chi connectivity index (χ2n) is 6.64. The lowest BCUT2D eigenvalue weighted by Crippen LogP contribution is -2.32. The Morgan fingerprint density at radius 3 is 2.63 bits per heavy atom. The fourth-order valence-electron chi connectivity index (χ4n) is 3.23. The number of nitrogens with one attached hydrogen (secondary N) is 1. The van der Waals surface area contributed by atoms with Crippen molar-refractivity contribution >= 4 is 34.8 Å². The fourth-order valence-corrected chi connectivity index (χ4v) is 3.81. The maximum Gasteiger partial charge on any atom is 0.134 e. The molecule has 0 fully saturated rings. The molecule has 27 heavy (non-hydrogen) atoms. The summed E-state index contributed by atoms with van der Waals surface area (Å²) in [5.41, 5.74) is 4.36. The van der Waals surface area contributed by atoms with Crippen LogP contribution in [-0.2, 0) is 19.5 Å². The van der Waals surface area contributed by atoms with Gasteiger partial charge >= 0.3 is 0 Å². The van der Waals surface area contributed by atoms with Gasteiger partial charge < -0.3 is 10.2 Å². The second kappa shape index (κ2) is 7.71. The van der Waals surface area contributed by atoms with Crippen LogP contribution in [0.4, 0.5) is 11.6 Å². The van der Waals surface area contributed by atoms with Crippen molar-refractivity contribution in [1.29, 1.82) is 0 Å². The molecule has 0 spiro atoms. The van der Waals surface area contributed by atoms with Crippen LogP contribution < -0.4 is 10.2 Å². The molecule has 1 N–H and O–H groups in total. The molecule has 4 rings (SSSR count). The van der Waals surface area contributed by atoms with Crippen LogP contribution in [0, 0.1) is 6.92 Å². The van der Waals surface area contributed by atoms with Crippen molar-refractivity contribution in [3.63, 3.8) is 0 Å². The van der Waals surface area contributed by atoms with Crippen LogP contribution in [0.5, 0.6) is 0 Å². The van der Waals surface area contributed by atoms with E-state index in [0.717, 1.165) is 53.5 Å². The first-order chi connectivity index (χ1) is 13.1. The lowest BCUT2D eigenvalue weighted by Gasteiger charge is -2.30. The van der Waals surface area contributed by atoms with Gasteiger partial charge in [0.1, 0.15) is 18.0 Å². The van der Waals surface area contributed by atoms with Crippen molar-refractivity contribution in [3.8, 4) is 0 Å². The van der Waals surface area contributed by atoms with Crippen molar-refractivity contribution in [2.45, 2.75) is 26.4 Å². The number of fused-ring (bicyclic) bond motifs is 1. The van der Waals surface area contributed by atoms with Gasteiger partial charge in [0.05, 0.1) is 5.69 Å². The Morgan fingerprint density at radius 1 is 1.07 bits per heavy atom. The number of nitrogens with zero attached hydrogens (tertiary/aromatic N) is 4. The molecule has 3 aromatic rings. The predicted octanol–water partition coefficient (Wildman–Crippen LogP) is 4.66. The largest absolute Gasteiger partial charge is 0.366 e. The van der Waals surface area contributed by atoms with Crippen molar-refractivity contribution in [2.24, 2.45) is 0 Å². The molecule has 0 saturated heterocycles. The molecule has 0 aliphatic carbocycles. The highest BCUT2D eigenvalue weighted by molar-refractivity contribution is 6.34. The highest BCUT2D eigenvalue weighted by Crippen LogP contribution is 2.27. The van der Waals surface area contributed by atoms with Gasteiger partial charge in [-0.05, 0) is 42.3 Å². The molecule has 1 aliphatic rings. The molecule has 0 atom stereocenters. The Balaban J connectivity index is 1.55. The van der Waals surface area contributed by atoms with Crippen LogP contribution in [-0.4, -0.2) is 21.5 Å². The lowest BCUT2D eigenvalue weighted by molar-refractivity contribution is 0.697. The smallest absolute Gasteiger partial charge is 0.134 e. The van der Waals surface area contributed by atoms with E-state index in [1.54, 1.807) is 12.4 Å². The zero-order chi connectivity index (χ0) is 18.8. The van der Waals surface area contributed by atoms with Crippen LogP contribution in [0.15, 0.2) is 42.9 Å². The molecule has 138 valence electrons. The zero-order valence-corrected chi connectivity index (χ0v) is 16.4. The monoisotopic (exact) mass is 399 g/mol. The fraction of sp³-hybridized carbons (Fsp3) is 0.250. The second-order valence-corrected chi connectivity index (χ2v) is 7.52. The van der Waals surface area contributed by atoms with E-state index < -0.39 is 0 Å². The van der Waals surface area contributed by atoms with E-state index in [9.17, 15) is 0 Å². The number of aryl methyl sites for hydroxylation is 1. The minimum atomic E-state index is 0.590. The molecular formula is C20H19Cl2N5. The summed E-state index contributed by atoms with van der Waals surface area (Å²) in [4.78, 5) is 15.7. The average Bonchev–Trinajstić information content (AvgIpc) is 2.66. The van der Waals surface area contributed by atoms with E-state index in [1.807, 2.05) is 25.3 Å². The first-order valence-corrected chi connectivity index (χ1v) is 9.53. The third-order valence-corrected chi connectivity index (χ3v) is 5.04. The summed E-state index contributed by atoms with van der Waals surface area (Å²) in [6.45, 7) is 4.25. The number of hydrogen-bond acceptors (Lipinski definition) is 5. The third-order valence-electron chi connectivity index (χ3n) is 4.60. The molecule has 1 aliphatic heterocycles. The molecule has 5 nitrogen and oxygen atoms in total. The zero-order valence-electron chi connectivity index (χ0n) is 14.9. The summed E-state index contributed by atoms with van der Waals surface area (Å²) in [6.07, 6.45) is 4.38. The minimum absolute atomic E-state index is 0.590. The van der Waals surface area contributed by atoms with E-state index in [1.165, 1.54) is 0 Å². The first-order valence-electron chi connectivity index (χ1n) is 8.78. The van der Waals surface area contributed by atoms with Crippen LogP contribution >= 0.6 is 23.2 Å². The standard InChI is InChI=1S/C20H19Cl2N5/c1-13-2-3-19(23-9-13)27-5-4-18-17(11-27)20(26-12-25-18)24-10-14-6-15(21)8-16(22)7-14/h2-3,6-9,12H,4-5,10-11H2,1H3,(H,24,25,26). The van der Waals surface area contributed by atoms with Crippen LogP contribution in [0.1, 0.15) is 22.4 Å². The normalized spacial score (nSPS) is 13.4. The van der Waals surface area contributed by atoms with Gasteiger partial charge in [0.25, 0.3) is 0 Å². The predicted molar refractivity (Wildman–Crippen MR) is 110 cm³/mol.